The van der Waals surface area contributed by atoms with Gasteiger partial charge in [0.05, 0.1) is 6.42 Å². The van der Waals surface area contributed by atoms with Crippen LogP contribution in [0.5, 0.6) is 0 Å². The van der Waals surface area contributed by atoms with E-state index in [1.54, 1.807) is 0 Å². The predicted octanol–water partition coefficient (Wildman–Crippen LogP) is 2.48. The molecule has 2 fully saturated rings. The van der Waals surface area contributed by atoms with Gasteiger partial charge in [0.25, 0.3) is 0 Å². The number of hydrogen-bond donors (Lipinski definition) is 1. The van der Waals surface area contributed by atoms with E-state index in [9.17, 15) is 4.79 Å². The summed E-state index contributed by atoms with van der Waals surface area (Å²) in [5, 5.41) is 0. The lowest BCUT2D eigenvalue weighted by Gasteiger charge is -2.30. The molecule has 1 aliphatic heterocycles. The van der Waals surface area contributed by atoms with Crippen LogP contribution in [-0.4, -0.2) is 29.9 Å². The molecule has 1 amide bonds. The van der Waals surface area contributed by atoms with Crippen molar-refractivity contribution in [2.24, 2.45) is 5.73 Å². The van der Waals surface area contributed by atoms with Crippen LogP contribution in [0.3, 0.4) is 0 Å². The van der Waals surface area contributed by atoms with Gasteiger partial charge in [-0.15, -0.1) is 12.4 Å². The van der Waals surface area contributed by atoms with E-state index in [0.29, 0.717) is 6.42 Å². The van der Waals surface area contributed by atoms with Crippen molar-refractivity contribution in [2.45, 2.75) is 44.1 Å². The fourth-order valence-electron chi connectivity index (χ4n) is 2.85. The van der Waals surface area contributed by atoms with E-state index in [4.69, 9.17) is 5.73 Å². The monoisotopic (exact) mass is 294 g/mol. The van der Waals surface area contributed by atoms with E-state index < -0.39 is 0 Å². The summed E-state index contributed by atoms with van der Waals surface area (Å²) in [6.07, 6.45) is 5.24. The Kier molecular flexibility index (Phi) is 5.06. The molecule has 110 valence electrons. The molecule has 2 N–H and O–H groups in total. The number of piperidine rings is 1. The predicted molar refractivity (Wildman–Crippen MR) is 83.2 cm³/mol. The van der Waals surface area contributed by atoms with E-state index in [1.165, 1.54) is 18.4 Å². The largest absolute Gasteiger partial charge is 0.341 e. The topological polar surface area (TPSA) is 46.3 Å². The molecule has 20 heavy (non-hydrogen) atoms. The summed E-state index contributed by atoms with van der Waals surface area (Å²) in [6, 6.07) is 8.74. The molecule has 1 aromatic rings. The number of nitrogens with two attached hydrogens (primary N) is 1. The second-order valence-corrected chi connectivity index (χ2v) is 5.93. The number of hydrogen-bond acceptors (Lipinski definition) is 2. The van der Waals surface area contributed by atoms with Crippen molar-refractivity contribution in [3.8, 4) is 0 Å². The quantitative estimate of drug-likeness (QED) is 0.931. The van der Waals surface area contributed by atoms with Crippen molar-refractivity contribution < 1.29 is 4.79 Å². The first-order valence-corrected chi connectivity index (χ1v) is 7.34. The second kappa shape index (κ2) is 6.59. The zero-order valence-corrected chi connectivity index (χ0v) is 12.6. The highest BCUT2D eigenvalue weighted by atomic mass is 35.5. The molecular formula is C16H23ClN2O. The van der Waals surface area contributed by atoms with Gasteiger partial charge in [-0.3, -0.25) is 4.79 Å². The molecule has 1 saturated heterocycles. The Morgan fingerprint density at radius 2 is 1.90 bits per heavy atom. The van der Waals surface area contributed by atoms with Gasteiger partial charge in [0.15, 0.2) is 0 Å². The number of carbonyl (C=O) groups excluding carboxylic acids is 1. The zero-order chi connectivity index (χ0) is 13.2. The minimum atomic E-state index is 0. The summed E-state index contributed by atoms with van der Waals surface area (Å²) in [5.41, 5.74) is 8.47. The minimum absolute atomic E-state index is 0. The third-order valence-corrected chi connectivity index (χ3v) is 4.19. The summed E-state index contributed by atoms with van der Waals surface area (Å²) < 4.78 is 0. The highest BCUT2D eigenvalue weighted by Gasteiger charge is 2.24. The van der Waals surface area contributed by atoms with Crippen LogP contribution in [0.2, 0.25) is 0 Å². The average molecular weight is 295 g/mol. The van der Waals surface area contributed by atoms with E-state index >= 15 is 0 Å². The summed E-state index contributed by atoms with van der Waals surface area (Å²) >= 11 is 0. The number of carbonyl (C=O) groups is 1. The van der Waals surface area contributed by atoms with Crippen molar-refractivity contribution in [3.05, 3.63) is 35.4 Å². The van der Waals surface area contributed by atoms with Gasteiger partial charge >= 0.3 is 0 Å². The Morgan fingerprint density at radius 3 is 2.50 bits per heavy atom. The van der Waals surface area contributed by atoms with Gasteiger partial charge < -0.3 is 10.6 Å². The molecule has 1 heterocycles. The molecule has 3 rings (SSSR count). The third-order valence-electron chi connectivity index (χ3n) is 4.19. The number of nitrogens with zero attached hydrogens (tertiary/aromatic N) is 1. The van der Waals surface area contributed by atoms with E-state index in [1.807, 2.05) is 4.90 Å². The van der Waals surface area contributed by atoms with Crippen LogP contribution in [0.25, 0.3) is 0 Å². The van der Waals surface area contributed by atoms with Crippen molar-refractivity contribution in [1.29, 1.82) is 0 Å². The Balaban J connectivity index is 0.00000147. The molecule has 0 aromatic heterocycles. The summed E-state index contributed by atoms with van der Waals surface area (Å²) in [7, 11) is 0. The van der Waals surface area contributed by atoms with E-state index in [2.05, 4.69) is 24.3 Å². The number of likely N-dealkylation sites (tertiary alicyclic amines) is 1. The fraction of sp³-hybridized carbons (Fsp3) is 0.562. The van der Waals surface area contributed by atoms with Crippen molar-refractivity contribution in [3.63, 3.8) is 0 Å². The van der Waals surface area contributed by atoms with Crippen LogP contribution in [0.4, 0.5) is 0 Å². The summed E-state index contributed by atoms with van der Waals surface area (Å²) in [4.78, 5) is 14.1. The van der Waals surface area contributed by atoms with Gasteiger partial charge in [-0.1, -0.05) is 24.3 Å². The van der Waals surface area contributed by atoms with Gasteiger partial charge in [0.1, 0.15) is 0 Å². The van der Waals surface area contributed by atoms with Crippen LogP contribution in [0.1, 0.15) is 42.7 Å². The van der Waals surface area contributed by atoms with Crippen LogP contribution >= 0.6 is 12.4 Å². The van der Waals surface area contributed by atoms with Crippen molar-refractivity contribution >= 4 is 18.3 Å². The Labute approximate surface area is 126 Å². The van der Waals surface area contributed by atoms with Crippen LogP contribution in [-0.2, 0) is 11.2 Å². The van der Waals surface area contributed by atoms with Gasteiger partial charge in [-0.05, 0) is 42.7 Å². The van der Waals surface area contributed by atoms with Crippen LogP contribution in [0, 0.1) is 0 Å². The molecule has 0 radical (unpaired) electrons. The van der Waals surface area contributed by atoms with Gasteiger partial charge in [-0.2, -0.15) is 0 Å². The molecule has 1 atom stereocenters. The first-order valence-electron chi connectivity index (χ1n) is 7.34. The molecule has 1 saturated carbocycles. The number of amides is 1. The second-order valence-electron chi connectivity index (χ2n) is 5.93. The number of halogens is 1. The minimum Gasteiger partial charge on any atom is -0.341 e. The van der Waals surface area contributed by atoms with Crippen LogP contribution < -0.4 is 5.73 Å². The summed E-state index contributed by atoms with van der Waals surface area (Å²) in [5.74, 6) is 0.999. The standard InChI is InChI=1S/C16H22N2O.ClH/c17-15-2-1-9-18(11-15)16(19)10-12-3-5-13(6-4-12)14-7-8-14;/h3-6,14-15H,1-2,7-11,17H2;1H/t15-;/m0./s1. The fourth-order valence-corrected chi connectivity index (χ4v) is 2.85. The molecule has 1 aliphatic carbocycles. The Morgan fingerprint density at radius 1 is 1.20 bits per heavy atom. The maximum Gasteiger partial charge on any atom is 0.227 e. The Hall–Kier alpha value is -1.06. The maximum atomic E-state index is 12.2. The Bertz CT molecular complexity index is 456. The molecule has 1 aromatic carbocycles. The SMILES string of the molecule is Cl.N[C@H]1CCCN(C(=O)Cc2ccc(C3CC3)cc2)C1. The van der Waals surface area contributed by atoms with E-state index in [-0.39, 0.29) is 24.4 Å². The lowest BCUT2D eigenvalue weighted by atomic mass is 10.0. The summed E-state index contributed by atoms with van der Waals surface area (Å²) in [6.45, 7) is 1.59. The average Bonchev–Trinajstić information content (AvgIpc) is 3.24. The normalized spacial score (nSPS) is 22.2. The maximum absolute atomic E-state index is 12.2. The first kappa shape index (κ1) is 15.3. The highest BCUT2D eigenvalue weighted by Crippen LogP contribution is 2.39. The smallest absolute Gasteiger partial charge is 0.227 e. The van der Waals surface area contributed by atoms with Crippen LogP contribution in [0.15, 0.2) is 24.3 Å². The number of rotatable bonds is 3. The molecule has 0 spiro atoms. The third kappa shape index (κ3) is 3.74. The van der Waals surface area contributed by atoms with Crippen molar-refractivity contribution in [2.75, 3.05) is 13.1 Å². The number of benzene rings is 1. The molecule has 0 unspecified atom stereocenters. The molecule has 2 aliphatic rings. The van der Waals surface area contributed by atoms with E-state index in [0.717, 1.165) is 37.4 Å². The van der Waals surface area contributed by atoms with Gasteiger partial charge in [0, 0.05) is 19.1 Å². The van der Waals surface area contributed by atoms with Gasteiger partial charge in [-0.25, -0.2) is 0 Å². The zero-order valence-electron chi connectivity index (χ0n) is 11.8. The highest BCUT2D eigenvalue weighted by molar-refractivity contribution is 5.85. The first-order chi connectivity index (χ1) is 9.22. The molecular weight excluding hydrogens is 272 g/mol. The molecule has 3 nitrogen and oxygen atoms in total. The lowest BCUT2D eigenvalue weighted by molar-refractivity contribution is -0.131. The molecule has 4 heteroatoms. The van der Waals surface area contributed by atoms with Gasteiger partial charge in [0.2, 0.25) is 5.91 Å². The van der Waals surface area contributed by atoms with Crippen molar-refractivity contribution in [1.82, 2.24) is 4.90 Å². The molecule has 0 bridgehead atoms. The lowest BCUT2D eigenvalue weighted by Crippen LogP contribution is -2.46.